The van der Waals surface area contributed by atoms with Gasteiger partial charge in [0.2, 0.25) is 0 Å². The van der Waals surface area contributed by atoms with E-state index in [0.717, 1.165) is 16.7 Å². The fraction of sp³-hybridized carbons (Fsp3) is 0.250. The minimum absolute atomic E-state index is 0.532. The van der Waals surface area contributed by atoms with E-state index in [4.69, 9.17) is 0 Å². The van der Waals surface area contributed by atoms with Crippen molar-refractivity contribution < 1.29 is 5.11 Å². The van der Waals surface area contributed by atoms with E-state index in [-0.39, 0.29) is 0 Å². The SMILES string of the molecule is Cc1ccc(C(O)c2cc(C)ccc2C)cc1. The summed E-state index contributed by atoms with van der Waals surface area (Å²) in [5.74, 6) is 0. The van der Waals surface area contributed by atoms with E-state index in [9.17, 15) is 5.11 Å². The average molecular weight is 226 g/mol. The molecule has 0 aliphatic rings. The van der Waals surface area contributed by atoms with Crippen LogP contribution in [0.3, 0.4) is 0 Å². The summed E-state index contributed by atoms with van der Waals surface area (Å²) in [5.41, 5.74) is 5.46. The predicted molar refractivity (Wildman–Crippen MR) is 71.2 cm³/mol. The molecule has 1 N–H and O–H groups in total. The predicted octanol–water partition coefficient (Wildman–Crippen LogP) is 3.69. The molecule has 1 atom stereocenters. The Morgan fingerprint density at radius 3 is 2.06 bits per heavy atom. The summed E-state index contributed by atoms with van der Waals surface area (Å²) in [6.45, 7) is 6.13. The molecule has 0 aliphatic carbocycles. The molecule has 0 saturated carbocycles. The van der Waals surface area contributed by atoms with E-state index in [0.29, 0.717) is 0 Å². The van der Waals surface area contributed by atoms with Gasteiger partial charge >= 0.3 is 0 Å². The number of benzene rings is 2. The largest absolute Gasteiger partial charge is 0.384 e. The molecule has 0 aliphatic heterocycles. The molecule has 88 valence electrons. The highest BCUT2D eigenvalue weighted by atomic mass is 16.3. The van der Waals surface area contributed by atoms with Crippen LogP contribution in [0.5, 0.6) is 0 Å². The maximum absolute atomic E-state index is 10.4. The first-order valence-electron chi connectivity index (χ1n) is 5.89. The third kappa shape index (κ3) is 2.56. The molecule has 2 aromatic rings. The molecule has 0 fully saturated rings. The lowest BCUT2D eigenvalue weighted by atomic mass is 9.95. The van der Waals surface area contributed by atoms with Crippen molar-refractivity contribution in [2.75, 3.05) is 0 Å². The number of rotatable bonds is 2. The third-order valence-electron chi connectivity index (χ3n) is 3.12. The maximum atomic E-state index is 10.4. The molecule has 0 amide bonds. The molecule has 0 bridgehead atoms. The average Bonchev–Trinajstić information content (AvgIpc) is 2.32. The third-order valence-corrected chi connectivity index (χ3v) is 3.12. The van der Waals surface area contributed by atoms with Gasteiger partial charge in [-0.05, 0) is 37.5 Å². The summed E-state index contributed by atoms with van der Waals surface area (Å²) in [7, 11) is 0. The normalized spacial score (nSPS) is 12.5. The zero-order valence-electron chi connectivity index (χ0n) is 10.6. The topological polar surface area (TPSA) is 20.2 Å². The van der Waals surface area contributed by atoms with E-state index in [1.165, 1.54) is 11.1 Å². The van der Waals surface area contributed by atoms with Gasteiger partial charge in [0.25, 0.3) is 0 Å². The van der Waals surface area contributed by atoms with Crippen molar-refractivity contribution in [2.24, 2.45) is 0 Å². The lowest BCUT2D eigenvalue weighted by Crippen LogP contribution is -2.02. The molecule has 0 saturated heterocycles. The summed E-state index contributed by atoms with van der Waals surface area (Å²) in [5, 5.41) is 10.4. The van der Waals surface area contributed by atoms with Gasteiger partial charge in [-0.1, -0.05) is 53.6 Å². The monoisotopic (exact) mass is 226 g/mol. The summed E-state index contributed by atoms with van der Waals surface area (Å²) in [4.78, 5) is 0. The van der Waals surface area contributed by atoms with Gasteiger partial charge in [-0.3, -0.25) is 0 Å². The van der Waals surface area contributed by atoms with Gasteiger partial charge in [0, 0.05) is 0 Å². The number of aryl methyl sites for hydroxylation is 3. The molecule has 1 nitrogen and oxygen atoms in total. The molecule has 2 aromatic carbocycles. The molecule has 0 spiro atoms. The molecule has 1 unspecified atom stereocenters. The lowest BCUT2D eigenvalue weighted by molar-refractivity contribution is 0.219. The second-order valence-corrected chi connectivity index (χ2v) is 4.67. The van der Waals surface area contributed by atoms with Crippen LogP contribution < -0.4 is 0 Å². The van der Waals surface area contributed by atoms with E-state index in [1.807, 2.05) is 45.0 Å². The van der Waals surface area contributed by atoms with Gasteiger partial charge in [0.15, 0.2) is 0 Å². The first kappa shape index (κ1) is 11.9. The first-order chi connectivity index (χ1) is 8.08. The molecule has 2 rings (SSSR count). The van der Waals surface area contributed by atoms with E-state index in [2.05, 4.69) is 18.2 Å². The fourth-order valence-electron chi connectivity index (χ4n) is 1.98. The Balaban J connectivity index is 2.39. The van der Waals surface area contributed by atoms with E-state index in [1.54, 1.807) is 0 Å². The Morgan fingerprint density at radius 1 is 0.824 bits per heavy atom. The van der Waals surface area contributed by atoms with Gasteiger partial charge < -0.3 is 5.11 Å². The van der Waals surface area contributed by atoms with Crippen LogP contribution in [0.2, 0.25) is 0 Å². The first-order valence-corrected chi connectivity index (χ1v) is 5.89. The second kappa shape index (κ2) is 4.72. The van der Waals surface area contributed by atoms with Gasteiger partial charge in [-0.2, -0.15) is 0 Å². The zero-order chi connectivity index (χ0) is 12.4. The van der Waals surface area contributed by atoms with Crippen molar-refractivity contribution in [1.82, 2.24) is 0 Å². The minimum atomic E-state index is -0.532. The smallest absolute Gasteiger partial charge is 0.104 e. The highest BCUT2D eigenvalue weighted by molar-refractivity contribution is 5.38. The van der Waals surface area contributed by atoms with E-state index < -0.39 is 6.10 Å². The highest BCUT2D eigenvalue weighted by Crippen LogP contribution is 2.25. The van der Waals surface area contributed by atoms with Crippen LogP contribution in [-0.2, 0) is 0 Å². The highest BCUT2D eigenvalue weighted by Gasteiger charge is 2.12. The van der Waals surface area contributed by atoms with Gasteiger partial charge in [-0.25, -0.2) is 0 Å². The van der Waals surface area contributed by atoms with Crippen molar-refractivity contribution in [3.8, 4) is 0 Å². The summed E-state index contributed by atoms with van der Waals surface area (Å²) < 4.78 is 0. The molecular weight excluding hydrogens is 208 g/mol. The van der Waals surface area contributed by atoms with Crippen LogP contribution in [-0.4, -0.2) is 5.11 Å². The van der Waals surface area contributed by atoms with Crippen LogP contribution >= 0.6 is 0 Å². The number of aliphatic hydroxyl groups is 1. The van der Waals surface area contributed by atoms with Crippen molar-refractivity contribution in [2.45, 2.75) is 26.9 Å². The van der Waals surface area contributed by atoms with Crippen LogP contribution in [0.4, 0.5) is 0 Å². The number of hydrogen-bond donors (Lipinski definition) is 1. The minimum Gasteiger partial charge on any atom is -0.384 e. The fourth-order valence-corrected chi connectivity index (χ4v) is 1.98. The Kier molecular flexibility index (Phi) is 3.30. The van der Waals surface area contributed by atoms with Crippen LogP contribution in [0.15, 0.2) is 42.5 Å². The van der Waals surface area contributed by atoms with Gasteiger partial charge in [-0.15, -0.1) is 0 Å². The Hall–Kier alpha value is -1.60. The lowest BCUT2D eigenvalue weighted by Gasteiger charge is -2.15. The van der Waals surface area contributed by atoms with Crippen molar-refractivity contribution in [3.63, 3.8) is 0 Å². The second-order valence-electron chi connectivity index (χ2n) is 4.67. The van der Waals surface area contributed by atoms with Crippen LogP contribution in [0, 0.1) is 20.8 Å². The molecule has 0 aromatic heterocycles. The maximum Gasteiger partial charge on any atom is 0.104 e. The van der Waals surface area contributed by atoms with Crippen LogP contribution in [0.25, 0.3) is 0 Å². The van der Waals surface area contributed by atoms with Crippen molar-refractivity contribution in [3.05, 3.63) is 70.3 Å². The Morgan fingerprint density at radius 2 is 1.41 bits per heavy atom. The number of aliphatic hydroxyl groups excluding tert-OH is 1. The zero-order valence-corrected chi connectivity index (χ0v) is 10.6. The standard InChI is InChI=1S/C16H18O/c1-11-5-8-14(9-6-11)16(17)15-10-12(2)4-7-13(15)3/h4-10,16-17H,1-3H3. The molecular formula is C16H18O. The van der Waals surface area contributed by atoms with E-state index >= 15 is 0 Å². The Labute approximate surface area is 103 Å². The van der Waals surface area contributed by atoms with Crippen LogP contribution in [0.1, 0.15) is 33.9 Å². The quantitative estimate of drug-likeness (QED) is 0.828. The summed E-state index contributed by atoms with van der Waals surface area (Å²) in [6.07, 6.45) is -0.532. The number of hydrogen-bond acceptors (Lipinski definition) is 1. The molecule has 0 heterocycles. The van der Waals surface area contributed by atoms with Crippen molar-refractivity contribution >= 4 is 0 Å². The summed E-state index contributed by atoms with van der Waals surface area (Å²) in [6, 6.07) is 14.2. The molecule has 0 radical (unpaired) electrons. The van der Waals surface area contributed by atoms with Gasteiger partial charge in [0.05, 0.1) is 0 Å². The molecule has 1 heteroatoms. The van der Waals surface area contributed by atoms with Crippen molar-refractivity contribution in [1.29, 1.82) is 0 Å². The van der Waals surface area contributed by atoms with Gasteiger partial charge in [0.1, 0.15) is 6.10 Å². The molecule has 17 heavy (non-hydrogen) atoms. The summed E-state index contributed by atoms with van der Waals surface area (Å²) >= 11 is 0. The Bertz CT molecular complexity index is 512.